The van der Waals surface area contributed by atoms with Gasteiger partial charge in [0.2, 0.25) is 47.3 Å². The SMILES string of the molecule is CC(C)C[C@@H]1NC(=O)[C@@H](Cc2ccccc2)NC(=O)[C@H](CCN)NC(=O)[C@H](CCN)N(C(=O)[C@H](CCN)NC(=O)[C@@H](NC(=O)[C@@H](N)Cc2ccccc2)[C@@H](C)O)C(=O)[C@H]([C@@H](C)O)NC(=O)[C@H](CCN)NC(=O)[C@H](CCN)NC1=O. The highest BCUT2D eigenvalue weighted by Crippen LogP contribution is 2.17. The van der Waals surface area contributed by atoms with Crippen LogP contribution < -0.4 is 76.9 Å². The lowest BCUT2D eigenvalue weighted by Gasteiger charge is -2.36. The molecule has 438 valence electrons. The summed E-state index contributed by atoms with van der Waals surface area (Å²) in [5.74, 6) is -10.9. The van der Waals surface area contributed by atoms with Gasteiger partial charge in [0.1, 0.15) is 54.4 Å². The minimum atomic E-state index is -2.13. The van der Waals surface area contributed by atoms with Crippen molar-refractivity contribution in [1.29, 1.82) is 0 Å². The highest BCUT2D eigenvalue weighted by molar-refractivity contribution is 6.07. The van der Waals surface area contributed by atoms with Crippen molar-refractivity contribution in [1.82, 2.24) is 47.4 Å². The number of benzene rings is 2. The van der Waals surface area contributed by atoms with Crippen LogP contribution in [-0.2, 0) is 60.8 Å². The first-order valence-corrected chi connectivity index (χ1v) is 26.5. The number of nitrogens with one attached hydrogen (secondary N) is 8. The van der Waals surface area contributed by atoms with E-state index in [1.807, 2.05) is 0 Å². The Morgan fingerprint density at radius 1 is 0.557 bits per heavy atom. The quantitative estimate of drug-likeness (QED) is 0.0492. The molecule has 10 amide bonds. The number of nitrogens with zero attached hydrogens (tertiary/aromatic N) is 1. The molecule has 1 fully saturated rings. The maximum atomic E-state index is 15.2. The van der Waals surface area contributed by atoms with Crippen molar-refractivity contribution in [2.75, 3.05) is 32.7 Å². The van der Waals surface area contributed by atoms with Gasteiger partial charge in [-0.1, -0.05) is 74.5 Å². The number of carbonyl (C=O) groups is 10. The van der Waals surface area contributed by atoms with Crippen LogP contribution in [0.4, 0.5) is 0 Å². The third kappa shape index (κ3) is 20.6. The zero-order valence-corrected chi connectivity index (χ0v) is 45.4. The van der Waals surface area contributed by atoms with E-state index in [0.717, 1.165) is 6.92 Å². The molecule has 79 heavy (non-hydrogen) atoms. The molecule has 0 radical (unpaired) electrons. The molecule has 1 heterocycles. The molecular formula is C52H83N15O12. The monoisotopic (exact) mass is 1110 g/mol. The average Bonchev–Trinajstić information content (AvgIpc) is 3.40. The molecule has 3 rings (SSSR count). The Morgan fingerprint density at radius 3 is 1.47 bits per heavy atom. The maximum absolute atomic E-state index is 15.2. The van der Waals surface area contributed by atoms with Crippen LogP contribution in [0.25, 0.3) is 0 Å². The largest absolute Gasteiger partial charge is 0.391 e. The number of nitrogens with two attached hydrogens (primary N) is 6. The van der Waals surface area contributed by atoms with Crippen molar-refractivity contribution in [3.8, 4) is 0 Å². The van der Waals surface area contributed by atoms with Crippen LogP contribution >= 0.6 is 0 Å². The molecule has 1 aliphatic heterocycles. The first-order valence-electron chi connectivity index (χ1n) is 26.5. The van der Waals surface area contributed by atoms with E-state index in [2.05, 4.69) is 42.5 Å². The van der Waals surface area contributed by atoms with Crippen molar-refractivity contribution in [3.05, 3.63) is 71.8 Å². The number of hydrogen-bond acceptors (Lipinski definition) is 18. The Labute approximate surface area is 459 Å². The number of amides is 10. The summed E-state index contributed by atoms with van der Waals surface area (Å²) in [6.45, 7) is 4.40. The Kier molecular flexibility index (Phi) is 28.1. The van der Waals surface area contributed by atoms with Gasteiger partial charge in [-0.15, -0.1) is 0 Å². The molecular weight excluding hydrogens is 1030 g/mol. The summed E-state index contributed by atoms with van der Waals surface area (Å²) < 4.78 is 0. The topological polar surface area (TPSA) is 467 Å². The van der Waals surface area contributed by atoms with Gasteiger partial charge in [0.05, 0.1) is 18.2 Å². The number of aliphatic hydroxyl groups is 2. The van der Waals surface area contributed by atoms with E-state index in [-0.39, 0.29) is 70.6 Å². The summed E-state index contributed by atoms with van der Waals surface area (Å²) in [7, 11) is 0. The second-order valence-corrected chi connectivity index (χ2v) is 19.9. The Balaban J connectivity index is 2.28. The molecule has 22 N–H and O–H groups in total. The fourth-order valence-electron chi connectivity index (χ4n) is 8.65. The van der Waals surface area contributed by atoms with E-state index in [0.29, 0.717) is 16.0 Å². The van der Waals surface area contributed by atoms with Crippen LogP contribution in [0.5, 0.6) is 0 Å². The van der Waals surface area contributed by atoms with Crippen molar-refractivity contribution >= 4 is 59.1 Å². The fourth-order valence-corrected chi connectivity index (χ4v) is 8.65. The van der Waals surface area contributed by atoms with Crippen LogP contribution in [0.2, 0.25) is 0 Å². The molecule has 0 saturated carbocycles. The van der Waals surface area contributed by atoms with E-state index in [9.17, 15) is 48.6 Å². The normalized spacial score (nSPS) is 23.2. The zero-order chi connectivity index (χ0) is 58.9. The molecule has 0 aromatic heterocycles. The molecule has 27 nitrogen and oxygen atoms in total. The average molecular weight is 1110 g/mol. The minimum absolute atomic E-state index is 0.0420. The van der Waals surface area contributed by atoms with Crippen LogP contribution in [0.3, 0.4) is 0 Å². The van der Waals surface area contributed by atoms with E-state index in [1.165, 1.54) is 6.92 Å². The first-order chi connectivity index (χ1) is 37.5. The molecule has 27 heteroatoms. The number of hydrogen-bond donors (Lipinski definition) is 16. The molecule has 0 aliphatic carbocycles. The van der Waals surface area contributed by atoms with E-state index in [1.54, 1.807) is 74.5 Å². The Bertz CT molecular complexity index is 2350. The maximum Gasteiger partial charge on any atom is 0.255 e. The Hall–Kier alpha value is -6.98. The van der Waals surface area contributed by atoms with Crippen LogP contribution in [0.1, 0.15) is 77.3 Å². The predicted molar refractivity (Wildman–Crippen MR) is 291 cm³/mol. The lowest BCUT2D eigenvalue weighted by molar-refractivity contribution is -0.158. The summed E-state index contributed by atoms with van der Waals surface area (Å²) in [6.07, 6.45) is -5.31. The number of carbonyl (C=O) groups excluding carboxylic acids is 10. The lowest BCUT2D eigenvalue weighted by Crippen LogP contribution is -2.66. The standard InChI is InChI=1S/C52H83N15O12/c1-28(2)25-38-47(74)60-34(15-20-53)44(71)59-36(17-22-55)46(73)66-42(30(4)69)52(79)67(51(78)37(18-23-56)62-50(77)41(29(3)68)65-43(70)33(58)26-31-11-7-5-8-12-31)40(19-24-57)49(76)61-35(16-21-54)45(72)64-39(48(75)63-38)27-32-13-9-6-10-14-32/h5-14,28-30,33-42,68-69H,15-27,53-58H2,1-4H3,(H,59,71)(H,60,74)(H,61,76)(H,62,77)(H,63,75)(H,64,72)(H,65,70)(H,66,73)/t29-,30-,33+,34+,35+,36+,37+,38+,39-,40+,41+,42+/m1/s1. The van der Waals surface area contributed by atoms with Gasteiger partial charge >= 0.3 is 0 Å². The Morgan fingerprint density at radius 2 is 1.00 bits per heavy atom. The van der Waals surface area contributed by atoms with Gasteiger partial charge in [0.25, 0.3) is 11.8 Å². The van der Waals surface area contributed by atoms with Crippen LogP contribution in [-0.4, -0.2) is 180 Å². The fraction of sp³-hybridized carbons (Fsp3) is 0.577. The summed E-state index contributed by atoms with van der Waals surface area (Å²) in [6, 6.07) is 0.914. The molecule has 12 atom stereocenters. The van der Waals surface area contributed by atoms with Crippen molar-refractivity contribution in [3.63, 3.8) is 0 Å². The van der Waals surface area contributed by atoms with Crippen molar-refractivity contribution in [2.24, 2.45) is 40.3 Å². The minimum Gasteiger partial charge on any atom is -0.391 e. The zero-order valence-electron chi connectivity index (χ0n) is 45.4. The summed E-state index contributed by atoms with van der Waals surface area (Å²) in [5, 5.41) is 42.2. The van der Waals surface area contributed by atoms with E-state index in [4.69, 9.17) is 34.4 Å². The van der Waals surface area contributed by atoms with Gasteiger partial charge in [-0.2, -0.15) is 0 Å². The number of imide groups is 1. The number of aliphatic hydroxyl groups excluding tert-OH is 2. The summed E-state index contributed by atoms with van der Waals surface area (Å²) in [5.41, 5.74) is 37.2. The molecule has 0 bridgehead atoms. The van der Waals surface area contributed by atoms with Crippen LogP contribution in [0.15, 0.2) is 60.7 Å². The van der Waals surface area contributed by atoms with E-state index >= 15 is 9.59 Å². The van der Waals surface area contributed by atoms with Gasteiger partial charge in [0.15, 0.2) is 0 Å². The second-order valence-electron chi connectivity index (χ2n) is 19.9. The molecule has 2 aromatic rings. The molecule has 1 aliphatic rings. The highest BCUT2D eigenvalue weighted by atomic mass is 16.3. The van der Waals surface area contributed by atoms with E-state index < -0.39 is 151 Å². The van der Waals surface area contributed by atoms with Gasteiger partial charge in [0, 0.05) is 6.42 Å². The third-order valence-electron chi connectivity index (χ3n) is 12.9. The molecule has 1 saturated heterocycles. The van der Waals surface area contributed by atoms with Gasteiger partial charge < -0.3 is 87.1 Å². The third-order valence-corrected chi connectivity index (χ3v) is 12.9. The smallest absolute Gasteiger partial charge is 0.255 e. The predicted octanol–water partition coefficient (Wildman–Crippen LogP) is -6.03. The highest BCUT2D eigenvalue weighted by Gasteiger charge is 2.45. The van der Waals surface area contributed by atoms with Gasteiger partial charge in [-0.3, -0.25) is 52.8 Å². The molecule has 0 spiro atoms. The van der Waals surface area contributed by atoms with Crippen molar-refractivity contribution in [2.45, 2.75) is 152 Å². The van der Waals surface area contributed by atoms with Gasteiger partial charge in [-0.05, 0) is 109 Å². The molecule has 2 aromatic carbocycles. The second kappa shape index (κ2) is 33.5. The van der Waals surface area contributed by atoms with Crippen LogP contribution in [0, 0.1) is 5.92 Å². The lowest BCUT2D eigenvalue weighted by atomic mass is 10.00. The van der Waals surface area contributed by atoms with Gasteiger partial charge in [-0.25, -0.2) is 0 Å². The molecule has 0 unspecified atom stereocenters. The summed E-state index contributed by atoms with van der Waals surface area (Å²) in [4.78, 5) is 144. The van der Waals surface area contributed by atoms with Crippen molar-refractivity contribution < 1.29 is 58.2 Å². The number of rotatable bonds is 23. The summed E-state index contributed by atoms with van der Waals surface area (Å²) >= 11 is 0. The first kappa shape index (κ1) is 66.3.